The minimum absolute atomic E-state index is 0.0257. The van der Waals surface area contributed by atoms with E-state index in [9.17, 15) is 4.79 Å². The normalized spacial score (nSPS) is 10.2. The van der Waals surface area contributed by atoms with E-state index in [0.717, 1.165) is 11.6 Å². The summed E-state index contributed by atoms with van der Waals surface area (Å²) in [5.41, 5.74) is 1.08. The Hall–Kier alpha value is -0.540. The quantitative estimate of drug-likeness (QED) is 0.377. The molecule has 0 aliphatic carbocycles. The molecule has 0 fully saturated rings. The van der Waals surface area contributed by atoms with Crippen molar-refractivity contribution in [2.45, 2.75) is 6.42 Å². The van der Waals surface area contributed by atoms with Gasteiger partial charge in [-0.15, -0.1) is 0 Å². The minimum atomic E-state index is -0.483. The lowest BCUT2D eigenvalue weighted by molar-refractivity contribution is -0.138. The molecule has 0 rings (SSSR count). The molecule has 0 spiro atoms. The number of aliphatic hydroxyl groups excluding tert-OH is 1. The second-order valence-corrected chi connectivity index (χ2v) is 1.79. The lowest BCUT2D eigenvalue weighted by atomic mass is 10.5. The summed E-state index contributed by atoms with van der Waals surface area (Å²) >= 11 is 5.08. The molecule has 10 heavy (non-hydrogen) atoms. The lowest BCUT2D eigenvalue weighted by Gasteiger charge is -1.97. The van der Waals surface area contributed by atoms with Crippen LogP contribution in [0.4, 0.5) is 0 Å². The van der Waals surface area contributed by atoms with E-state index in [1.165, 1.54) is 0 Å². The third-order valence-corrected chi connectivity index (χ3v) is 0.872. The van der Waals surface area contributed by atoms with Crippen molar-refractivity contribution in [3.8, 4) is 0 Å². The first-order valence-electron chi connectivity index (χ1n) is 2.85. The minimum Gasteiger partial charge on any atom is -0.462 e. The molecule has 0 saturated heterocycles. The zero-order chi connectivity index (χ0) is 7.82. The van der Waals surface area contributed by atoms with Crippen LogP contribution in [-0.4, -0.2) is 24.3 Å². The topological polar surface area (TPSA) is 46.5 Å². The van der Waals surface area contributed by atoms with Crippen molar-refractivity contribution in [3.05, 3.63) is 11.6 Å². The van der Waals surface area contributed by atoms with Crippen molar-refractivity contribution in [1.29, 1.82) is 0 Å². The van der Waals surface area contributed by atoms with E-state index < -0.39 is 5.97 Å². The first-order chi connectivity index (χ1) is 4.81. The summed E-state index contributed by atoms with van der Waals surface area (Å²) in [5.74, 6) is -0.483. The highest BCUT2D eigenvalue weighted by Crippen LogP contribution is 1.86. The van der Waals surface area contributed by atoms with E-state index in [-0.39, 0.29) is 13.2 Å². The standard InChI is InChI=1S/C6H9ClO3/c7-3-2-6(9)10-5-1-4-8/h2-3,8H,1,4-5H2. The number of hydrogen-bond acceptors (Lipinski definition) is 3. The zero-order valence-electron chi connectivity index (χ0n) is 5.42. The number of hydrogen-bond donors (Lipinski definition) is 1. The predicted octanol–water partition coefficient (Wildman–Crippen LogP) is 0.664. The molecule has 0 aromatic heterocycles. The van der Waals surface area contributed by atoms with Crippen LogP contribution >= 0.6 is 11.6 Å². The number of carbonyl (C=O) groups excluding carboxylic acids is 1. The Bertz CT molecular complexity index is 122. The summed E-state index contributed by atoms with van der Waals surface area (Å²) in [4.78, 5) is 10.4. The van der Waals surface area contributed by atoms with Gasteiger partial charge < -0.3 is 9.84 Å². The van der Waals surface area contributed by atoms with Gasteiger partial charge in [0.1, 0.15) is 0 Å². The summed E-state index contributed by atoms with van der Waals surface area (Å²) in [7, 11) is 0. The maximum absolute atomic E-state index is 10.4. The molecular weight excluding hydrogens is 156 g/mol. The molecule has 0 heterocycles. The number of ether oxygens (including phenoxy) is 1. The summed E-state index contributed by atoms with van der Waals surface area (Å²) in [6, 6.07) is 0. The number of halogens is 1. The van der Waals surface area contributed by atoms with Crippen LogP contribution in [0, 0.1) is 0 Å². The monoisotopic (exact) mass is 164 g/mol. The highest BCUT2D eigenvalue weighted by Gasteiger charge is 1.93. The van der Waals surface area contributed by atoms with Crippen molar-refractivity contribution in [1.82, 2.24) is 0 Å². The van der Waals surface area contributed by atoms with Crippen molar-refractivity contribution in [2.75, 3.05) is 13.2 Å². The Labute approximate surface area is 64.2 Å². The van der Waals surface area contributed by atoms with Crippen LogP contribution in [-0.2, 0) is 9.53 Å². The van der Waals surface area contributed by atoms with Gasteiger partial charge in [0.2, 0.25) is 0 Å². The first kappa shape index (κ1) is 9.46. The third-order valence-electron chi connectivity index (χ3n) is 0.746. The van der Waals surface area contributed by atoms with Crippen LogP contribution in [0.25, 0.3) is 0 Å². The van der Waals surface area contributed by atoms with Crippen LogP contribution in [0.1, 0.15) is 6.42 Å². The fourth-order valence-corrected chi connectivity index (χ4v) is 0.440. The molecule has 58 valence electrons. The molecular formula is C6H9ClO3. The van der Waals surface area contributed by atoms with Crippen LogP contribution in [0.15, 0.2) is 11.6 Å². The summed E-state index contributed by atoms with van der Waals surface area (Å²) in [6.45, 7) is 0.258. The zero-order valence-corrected chi connectivity index (χ0v) is 6.17. The average molecular weight is 165 g/mol. The summed E-state index contributed by atoms with van der Waals surface area (Å²) < 4.78 is 4.55. The largest absolute Gasteiger partial charge is 0.462 e. The molecule has 0 bridgehead atoms. The highest BCUT2D eigenvalue weighted by molar-refractivity contribution is 6.26. The third kappa shape index (κ3) is 5.59. The molecule has 0 unspecified atom stereocenters. The molecule has 0 amide bonds. The van der Waals surface area contributed by atoms with Crippen molar-refractivity contribution < 1.29 is 14.6 Å². The predicted molar refractivity (Wildman–Crippen MR) is 37.7 cm³/mol. The molecule has 3 nitrogen and oxygen atoms in total. The second-order valence-electron chi connectivity index (χ2n) is 1.54. The van der Waals surface area contributed by atoms with Crippen LogP contribution < -0.4 is 0 Å². The van der Waals surface area contributed by atoms with E-state index >= 15 is 0 Å². The summed E-state index contributed by atoms with van der Waals surface area (Å²) in [5, 5.41) is 8.27. The Balaban J connectivity index is 3.22. The molecule has 0 radical (unpaired) electrons. The van der Waals surface area contributed by atoms with Gasteiger partial charge >= 0.3 is 5.97 Å². The van der Waals surface area contributed by atoms with Gasteiger partial charge in [-0.2, -0.15) is 0 Å². The number of esters is 1. The lowest BCUT2D eigenvalue weighted by Crippen LogP contribution is -2.03. The van der Waals surface area contributed by atoms with E-state index in [1.807, 2.05) is 0 Å². The van der Waals surface area contributed by atoms with Gasteiger partial charge in [0.05, 0.1) is 6.61 Å². The second kappa shape index (κ2) is 6.58. The van der Waals surface area contributed by atoms with Crippen molar-refractivity contribution >= 4 is 17.6 Å². The first-order valence-corrected chi connectivity index (χ1v) is 3.29. The number of rotatable bonds is 4. The van der Waals surface area contributed by atoms with Crippen molar-refractivity contribution in [2.24, 2.45) is 0 Å². The van der Waals surface area contributed by atoms with Gasteiger partial charge in [-0.05, 0) is 0 Å². The maximum Gasteiger partial charge on any atom is 0.331 e. The Morgan fingerprint density at radius 3 is 2.90 bits per heavy atom. The molecule has 0 aromatic carbocycles. The Morgan fingerprint density at radius 2 is 2.40 bits per heavy atom. The van der Waals surface area contributed by atoms with Gasteiger partial charge in [-0.3, -0.25) is 0 Å². The SMILES string of the molecule is O=C(C=CCl)OCCCO. The molecule has 0 atom stereocenters. The van der Waals surface area contributed by atoms with E-state index in [4.69, 9.17) is 16.7 Å². The molecule has 1 N–H and O–H groups in total. The Morgan fingerprint density at radius 1 is 1.70 bits per heavy atom. The summed E-state index contributed by atoms with van der Waals surface area (Å²) in [6.07, 6.45) is 1.57. The van der Waals surface area contributed by atoms with Gasteiger partial charge in [0, 0.05) is 24.6 Å². The molecule has 4 heteroatoms. The molecule has 0 aliphatic heterocycles. The van der Waals surface area contributed by atoms with Crippen molar-refractivity contribution in [3.63, 3.8) is 0 Å². The number of aliphatic hydroxyl groups is 1. The smallest absolute Gasteiger partial charge is 0.331 e. The molecule has 0 aliphatic rings. The van der Waals surface area contributed by atoms with Crippen LogP contribution in [0.3, 0.4) is 0 Å². The van der Waals surface area contributed by atoms with E-state index in [1.54, 1.807) is 0 Å². The fourth-order valence-electron chi connectivity index (χ4n) is 0.337. The molecule has 0 aromatic rings. The highest BCUT2D eigenvalue weighted by atomic mass is 35.5. The maximum atomic E-state index is 10.4. The molecule has 0 saturated carbocycles. The van der Waals surface area contributed by atoms with Gasteiger partial charge in [-0.25, -0.2) is 4.79 Å². The Kier molecular flexibility index (Phi) is 6.22. The van der Waals surface area contributed by atoms with E-state index in [2.05, 4.69) is 4.74 Å². The van der Waals surface area contributed by atoms with Gasteiger partial charge in [-0.1, -0.05) is 11.6 Å². The fraction of sp³-hybridized carbons (Fsp3) is 0.500. The average Bonchev–Trinajstić information content (AvgIpc) is 1.89. The van der Waals surface area contributed by atoms with Gasteiger partial charge in [0.15, 0.2) is 0 Å². The van der Waals surface area contributed by atoms with Crippen LogP contribution in [0.5, 0.6) is 0 Å². The number of carbonyl (C=O) groups is 1. The van der Waals surface area contributed by atoms with Crippen LogP contribution in [0.2, 0.25) is 0 Å². The van der Waals surface area contributed by atoms with E-state index in [0.29, 0.717) is 6.42 Å². The van der Waals surface area contributed by atoms with Gasteiger partial charge in [0.25, 0.3) is 0 Å².